The summed E-state index contributed by atoms with van der Waals surface area (Å²) in [5.41, 5.74) is 9.38. The Kier molecular flexibility index (Phi) is 5.88. The number of para-hydroxylation sites is 1. The predicted molar refractivity (Wildman–Crippen MR) is 150 cm³/mol. The smallest absolute Gasteiger partial charge is 0.231 e. The van der Waals surface area contributed by atoms with Crippen molar-refractivity contribution in [1.29, 1.82) is 0 Å². The zero-order chi connectivity index (χ0) is 25.7. The molecular formula is C30H30N4O2S. The first-order valence-corrected chi connectivity index (χ1v) is 13.1. The van der Waals surface area contributed by atoms with Crippen LogP contribution in [0.5, 0.6) is 11.5 Å². The van der Waals surface area contributed by atoms with Gasteiger partial charge < -0.3 is 24.3 Å². The van der Waals surface area contributed by atoms with Gasteiger partial charge in [0.05, 0.1) is 23.5 Å². The number of ether oxygens (including phenoxy) is 2. The SMILES string of the molecule is CCc1cccc(C)c1-n1c(C)cc([C@H]2[C@@H](c3ccccn3)NC(=S)N2c2ccc3c(c2)OCO3)c1C. The number of aryl methyl sites for hydroxylation is 3. The molecular weight excluding hydrogens is 480 g/mol. The molecule has 0 unspecified atom stereocenters. The summed E-state index contributed by atoms with van der Waals surface area (Å²) in [6.07, 6.45) is 2.81. The molecule has 6 nitrogen and oxygen atoms in total. The van der Waals surface area contributed by atoms with Gasteiger partial charge in [0.25, 0.3) is 0 Å². The van der Waals surface area contributed by atoms with E-state index in [0.29, 0.717) is 5.11 Å². The minimum Gasteiger partial charge on any atom is -0.454 e. The molecule has 188 valence electrons. The Labute approximate surface area is 222 Å². The molecule has 2 aromatic heterocycles. The summed E-state index contributed by atoms with van der Waals surface area (Å²) in [5.74, 6) is 1.49. The zero-order valence-corrected chi connectivity index (χ0v) is 22.3. The summed E-state index contributed by atoms with van der Waals surface area (Å²) in [6, 6.07) is 20.7. The van der Waals surface area contributed by atoms with E-state index in [2.05, 4.69) is 72.8 Å². The van der Waals surface area contributed by atoms with Crippen LogP contribution in [0.15, 0.2) is 66.9 Å². The van der Waals surface area contributed by atoms with E-state index in [1.165, 1.54) is 33.8 Å². The van der Waals surface area contributed by atoms with Crippen LogP contribution in [0.4, 0.5) is 5.69 Å². The average molecular weight is 511 g/mol. The van der Waals surface area contributed by atoms with Crippen molar-refractivity contribution < 1.29 is 9.47 Å². The molecule has 2 aliphatic heterocycles. The van der Waals surface area contributed by atoms with Crippen molar-refractivity contribution in [2.24, 2.45) is 0 Å². The van der Waals surface area contributed by atoms with Gasteiger partial charge in [-0.25, -0.2) is 0 Å². The molecule has 0 radical (unpaired) electrons. The molecule has 37 heavy (non-hydrogen) atoms. The molecule has 4 aromatic rings. The van der Waals surface area contributed by atoms with Crippen LogP contribution in [0.25, 0.3) is 5.69 Å². The van der Waals surface area contributed by atoms with Crippen LogP contribution in [0.2, 0.25) is 0 Å². The molecule has 2 aliphatic rings. The Bertz CT molecular complexity index is 1500. The van der Waals surface area contributed by atoms with Crippen LogP contribution in [0.1, 0.15) is 52.8 Å². The number of hydrogen-bond donors (Lipinski definition) is 1. The maximum atomic E-state index is 5.95. The number of thiocarbonyl (C=S) groups is 1. The van der Waals surface area contributed by atoms with E-state index in [1.54, 1.807) is 0 Å². The van der Waals surface area contributed by atoms with E-state index in [9.17, 15) is 0 Å². The number of fused-ring (bicyclic) bond motifs is 1. The van der Waals surface area contributed by atoms with Gasteiger partial charge in [-0.05, 0) is 86.4 Å². The number of benzene rings is 2. The number of rotatable bonds is 5. The van der Waals surface area contributed by atoms with E-state index >= 15 is 0 Å². The summed E-state index contributed by atoms with van der Waals surface area (Å²) in [7, 11) is 0. The Balaban J connectivity index is 1.54. The van der Waals surface area contributed by atoms with Gasteiger partial charge in [-0.1, -0.05) is 31.2 Å². The monoisotopic (exact) mass is 510 g/mol. The summed E-state index contributed by atoms with van der Waals surface area (Å²) in [5, 5.41) is 4.24. The lowest BCUT2D eigenvalue weighted by molar-refractivity contribution is 0.174. The van der Waals surface area contributed by atoms with Gasteiger partial charge >= 0.3 is 0 Å². The van der Waals surface area contributed by atoms with Crippen LogP contribution in [0, 0.1) is 20.8 Å². The Morgan fingerprint density at radius 1 is 1.00 bits per heavy atom. The number of aromatic nitrogens is 2. The van der Waals surface area contributed by atoms with Gasteiger partial charge in [0.1, 0.15) is 0 Å². The summed E-state index contributed by atoms with van der Waals surface area (Å²) < 4.78 is 13.7. The van der Waals surface area contributed by atoms with Gasteiger partial charge in [0, 0.05) is 29.3 Å². The van der Waals surface area contributed by atoms with Crippen molar-refractivity contribution in [3.63, 3.8) is 0 Å². The molecule has 2 atom stereocenters. The highest BCUT2D eigenvalue weighted by molar-refractivity contribution is 7.80. The van der Waals surface area contributed by atoms with Gasteiger partial charge in [-0.2, -0.15) is 0 Å². The molecule has 6 rings (SSSR count). The van der Waals surface area contributed by atoms with E-state index in [4.69, 9.17) is 26.7 Å². The lowest BCUT2D eigenvalue weighted by Crippen LogP contribution is -2.29. The maximum Gasteiger partial charge on any atom is 0.231 e. The molecule has 0 aliphatic carbocycles. The summed E-state index contributed by atoms with van der Waals surface area (Å²) in [6.45, 7) is 9.03. The fourth-order valence-electron chi connectivity index (χ4n) is 5.74. The fourth-order valence-corrected chi connectivity index (χ4v) is 6.09. The first kappa shape index (κ1) is 23.6. The number of pyridine rings is 1. The van der Waals surface area contributed by atoms with E-state index in [0.717, 1.165) is 29.3 Å². The second-order valence-corrected chi connectivity index (χ2v) is 10.0. The second-order valence-electron chi connectivity index (χ2n) is 9.63. The Morgan fingerprint density at radius 2 is 1.84 bits per heavy atom. The molecule has 1 saturated heterocycles. The van der Waals surface area contributed by atoms with E-state index in [1.807, 2.05) is 36.5 Å². The molecule has 4 heterocycles. The van der Waals surface area contributed by atoms with Crippen LogP contribution in [0.3, 0.4) is 0 Å². The number of hydrogen-bond acceptors (Lipinski definition) is 4. The quantitative estimate of drug-likeness (QED) is 0.320. The van der Waals surface area contributed by atoms with Crippen LogP contribution < -0.4 is 19.7 Å². The minimum absolute atomic E-state index is 0.100. The second kappa shape index (κ2) is 9.23. The van der Waals surface area contributed by atoms with Crippen molar-refractivity contribution >= 4 is 23.0 Å². The van der Waals surface area contributed by atoms with Gasteiger partial charge in [-0.3, -0.25) is 4.98 Å². The Hall–Kier alpha value is -3.84. The highest BCUT2D eigenvalue weighted by atomic mass is 32.1. The molecule has 1 fully saturated rings. The maximum absolute atomic E-state index is 5.95. The molecule has 0 saturated carbocycles. The summed E-state index contributed by atoms with van der Waals surface area (Å²) >= 11 is 5.95. The highest BCUT2D eigenvalue weighted by Crippen LogP contribution is 2.46. The van der Waals surface area contributed by atoms with Crippen molar-refractivity contribution in [3.05, 3.63) is 101 Å². The first-order valence-electron chi connectivity index (χ1n) is 12.7. The predicted octanol–water partition coefficient (Wildman–Crippen LogP) is 6.27. The number of nitrogens with one attached hydrogen (secondary N) is 1. The standard InChI is InChI=1S/C30H30N4O2S/c1-5-21-10-8-9-18(2)28(21)33-19(3)15-23(20(33)4)29-27(24-11-6-7-14-31-24)32-30(37)34(29)22-12-13-25-26(16-22)36-17-35-25/h6-16,27,29H,5,17H2,1-4H3,(H,32,37)/t27-,29+/m1/s1. The van der Waals surface area contributed by atoms with Gasteiger partial charge in [-0.15, -0.1) is 0 Å². The normalized spacial score (nSPS) is 18.4. The van der Waals surface area contributed by atoms with Gasteiger partial charge in [0.15, 0.2) is 16.6 Å². The molecule has 0 bridgehead atoms. The van der Waals surface area contributed by atoms with E-state index in [-0.39, 0.29) is 18.9 Å². The molecule has 1 N–H and O–H groups in total. The third-order valence-corrected chi connectivity index (χ3v) is 7.76. The summed E-state index contributed by atoms with van der Waals surface area (Å²) in [4.78, 5) is 6.91. The number of nitrogens with zero attached hydrogens (tertiary/aromatic N) is 3. The van der Waals surface area contributed by atoms with Crippen molar-refractivity contribution in [3.8, 4) is 17.2 Å². The fraction of sp³-hybridized carbons (Fsp3) is 0.267. The largest absolute Gasteiger partial charge is 0.454 e. The lowest BCUT2D eigenvalue weighted by atomic mass is 9.96. The molecule has 2 aromatic carbocycles. The average Bonchev–Trinajstić information content (AvgIpc) is 3.59. The van der Waals surface area contributed by atoms with Crippen LogP contribution in [-0.2, 0) is 6.42 Å². The topological polar surface area (TPSA) is 51.6 Å². The first-order chi connectivity index (χ1) is 18.0. The van der Waals surface area contributed by atoms with Crippen molar-refractivity contribution in [1.82, 2.24) is 14.9 Å². The van der Waals surface area contributed by atoms with Crippen molar-refractivity contribution in [2.45, 2.75) is 46.2 Å². The Morgan fingerprint density at radius 3 is 2.62 bits per heavy atom. The number of anilines is 1. The molecule has 0 spiro atoms. The molecule has 7 heteroatoms. The highest BCUT2D eigenvalue weighted by Gasteiger charge is 2.42. The van der Waals surface area contributed by atoms with Crippen molar-refractivity contribution in [2.75, 3.05) is 11.7 Å². The minimum atomic E-state index is -0.115. The van der Waals surface area contributed by atoms with Gasteiger partial charge in [0.2, 0.25) is 6.79 Å². The third-order valence-electron chi connectivity index (χ3n) is 7.45. The molecule has 0 amide bonds. The zero-order valence-electron chi connectivity index (χ0n) is 21.5. The lowest BCUT2D eigenvalue weighted by Gasteiger charge is -2.28. The third kappa shape index (κ3) is 3.85. The van der Waals surface area contributed by atoms with Crippen LogP contribution in [-0.4, -0.2) is 21.5 Å². The van der Waals surface area contributed by atoms with E-state index < -0.39 is 0 Å². The van der Waals surface area contributed by atoms with Crippen LogP contribution >= 0.6 is 12.2 Å².